The number of sulfone groups is 1. The molecule has 3 aromatic rings. The average molecular weight is 339 g/mol. The van der Waals surface area contributed by atoms with E-state index in [-0.39, 0.29) is 11.7 Å². The fraction of sp³-hybridized carbons (Fsp3) is 0.105. The highest BCUT2D eigenvalue weighted by Crippen LogP contribution is 2.19. The number of fused-ring (bicyclic) bond motifs is 1. The van der Waals surface area contributed by atoms with Crippen molar-refractivity contribution in [3.8, 4) is 0 Å². The summed E-state index contributed by atoms with van der Waals surface area (Å²) in [4.78, 5) is 12.4. The van der Waals surface area contributed by atoms with Crippen molar-refractivity contribution < 1.29 is 13.2 Å². The van der Waals surface area contributed by atoms with Crippen LogP contribution in [0.15, 0.2) is 66.7 Å². The van der Waals surface area contributed by atoms with E-state index in [1.54, 1.807) is 24.3 Å². The second-order valence-corrected chi connectivity index (χ2v) is 7.93. The summed E-state index contributed by atoms with van der Waals surface area (Å²) < 4.78 is 22.8. The molecule has 1 amide bonds. The lowest BCUT2D eigenvalue weighted by atomic mass is 10.1. The van der Waals surface area contributed by atoms with E-state index in [4.69, 9.17) is 0 Å². The summed E-state index contributed by atoms with van der Waals surface area (Å²) in [5, 5.41) is 5.00. The first-order valence-electron chi connectivity index (χ1n) is 7.47. The predicted molar refractivity (Wildman–Crippen MR) is 96.9 cm³/mol. The van der Waals surface area contributed by atoms with Crippen LogP contribution in [0.5, 0.6) is 0 Å². The quantitative estimate of drug-likeness (QED) is 0.789. The molecule has 4 nitrogen and oxygen atoms in total. The molecule has 122 valence electrons. The van der Waals surface area contributed by atoms with Crippen molar-refractivity contribution >= 4 is 32.2 Å². The van der Waals surface area contributed by atoms with E-state index >= 15 is 0 Å². The Labute approximate surface area is 141 Å². The second-order valence-electron chi connectivity index (χ2n) is 5.79. The molecule has 0 aliphatic carbocycles. The number of carbonyl (C=O) groups excluding carboxylic acids is 1. The number of benzene rings is 3. The molecule has 0 saturated heterocycles. The number of carbonyl (C=O) groups is 1. The molecule has 3 aromatic carbocycles. The van der Waals surface area contributed by atoms with Gasteiger partial charge in [0.25, 0.3) is 5.91 Å². The summed E-state index contributed by atoms with van der Waals surface area (Å²) in [6, 6.07) is 20.3. The minimum atomic E-state index is -3.13. The van der Waals surface area contributed by atoms with E-state index < -0.39 is 9.84 Å². The second kappa shape index (κ2) is 6.45. The largest absolute Gasteiger partial charge is 0.322 e. The molecule has 1 N–H and O–H groups in total. The number of nitrogens with one attached hydrogen (secondary N) is 1. The molecule has 0 unspecified atom stereocenters. The third-order valence-electron chi connectivity index (χ3n) is 3.63. The van der Waals surface area contributed by atoms with Gasteiger partial charge < -0.3 is 5.32 Å². The van der Waals surface area contributed by atoms with Crippen molar-refractivity contribution in [2.75, 3.05) is 11.6 Å². The fourth-order valence-corrected chi connectivity index (χ4v) is 3.36. The van der Waals surface area contributed by atoms with Crippen molar-refractivity contribution in [3.05, 3.63) is 77.9 Å². The van der Waals surface area contributed by atoms with E-state index in [1.807, 2.05) is 42.5 Å². The van der Waals surface area contributed by atoms with Gasteiger partial charge >= 0.3 is 0 Å². The van der Waals surface area contributed by atoms with Crippen LogP contribution in [0.25, 0.3) is 10.8 Å². The van der Waals surface area contributed by atoms with Crippen LogP contribution in [-0.4, -0.2) is 20.6 Å². The molecule has 24 heavy (non-hydrogen) atoms. The van der Waals surface area contributed by atoms with E-state index in [0.717, 1.165) is 10.8 Å². The topological polar surface area (TPSA) is 63.2 Å². The molecular weight excluding hydrogens is 322 g/mol. The molecule has 0 bridgehead atoms. The van der Waals surface area contributed by atoms with Gasteiger partial charge in [-0.25, -0.2) is 8.42 Å². The van der Waals surface area contributed by atoms with Gasteiger partial charge in [-0.1, -0.05) is 42.5 Å². The Morgan fingerprint density at radius 1 is 0.917 bits per heavy atom. The zero-order chi connectivity index (χ0) is 17.2. The van der Waals surface area contributed by atoms with E-state index in [1.165, 1.54) is 6.26 Å². The summed E-state index contributed by atoms with van der Waals surface area (Å²) >= 11 is 0. The molecule has 0 aromatic heterocycles. The first kappa shape index (κ1) is 16.2. The lowest BCUT2D eigenvalue weighted by Gasteiger charge is -2.08. The van der Waals surface area contributed by atoms with E-state index in [2.05, 4.69) is 5.32 Å². The monoisotopic (exact) mass is 339 g/mol. The molecule has 3 rings (SSSR count). The third kappa shape index (κ3) is 4.00. The molecule has 0 heterocycles. The first-order valence-corrected chi connectivity index (χ1v) is 9.54. The van der Waals surface area contributed by atoms with Crippen LogP contribution in [0, 0.1) is 0 Å². The van der Waals surface area contributed by atoms with Gasteiger partial charge in [0.05, 0.1) is 5.75 Å². The summed E-state index contributed by atoms with van der Waals surface area (Å²) in [6.45, 7) is 0. The Bertz CT molecular complexity index is 1010. The lowest BCUT2D eigenvalue weighted by molar-refractivity contribution is 0.102. The SMILES string of the molecule is CS(=O)(=O)Cc1cccc(C(=O)Nc2ccc3ccccc3c2)c1. The standard InChI is InChI=1S/C19H17NO3S/c1-24(22,23)13-14-5-4-8-17(11-14)19(21)20-18-10-9-15-6-2-3-7-16(15)12-18/h2-12H,13H2,1H3,(H,20,21). The zero-order valence-corrected chi connectivity index (χ0v) is 14.0. The smallest absolute Gasteiger partial charge is 0.255 e. The van der Waals surface area contributed by atoms with Gasteiger partial charge in [-0.3, -0.25) is 4.79 Å². The number of rotatable bonds is 4. The van der Waals surface area contributed by atoms with Gasteiger partial charge in [-0.2, -0.15) is 0 Å². The molecule has 0 fully saturated rings. The van der Waals surface area contributed by atoms with E-state index in [0.29, 0.717) is 16.8 Å². The van der Waals surface area contributed by atoms with Gasteiger partial charge in [0.2, 0.25) is 0 Å². The highest BCUT2D eigenvalue weighted by molar-refractivity contribution is 7.89. The Hall–Kier alpha value is -2.66. The number of hydrogen-bond acceptors (Lipinski definition) is 3. The summed E-state index contributed by atoms with van der Waals surface area (Å²) in [5.41, 5.74) is 1.74. The molecule has 0 aliphatic rings. The molecule has 0 spiro atoms. The number of anilines is 1. The summed E-state index contributed by atoms with van der Waals surface area (Å²) in [6.07, 6.45) is 1.18. The van der Waals surface area contributed by atoms with Gasteiger partial charge in [0.15, 0.2) is 9.84 Å². The molecule has 0 radical (unpaired) electrons. The highest BCUT2D eigenvalue weighted by atomic mass is 32.2. The van der Waals surface area contributed by atoms with Crippen molar-refractivity contribution in [2.24, 2.45) is 0 Å². The maximum atomic E-state index is 12.4. The average Bonchev–Trinajstić information content (AvgIpc) is 2.53. The van der Waals surface area contributed by atoms with Crippen molar-refractivity contribution in [2.45, 2.75) is 5.75 Å². The Morgan fingerprint density at radius 2 is 1.67 bits per heavy atom. The maximum absolute atomic E-state index is 12.4. The van der Waals surface area contributed by atoms with Crippen LogP contribution >= 0.6 is 0 Å². The van der Waals surface area contributed by atoms with Crippen LogP contribution in [0.1, 0.15) is 15.9 Å². The Balaban J connectivity index is 1.82. The molecule has 0 aliphatic heterocycles. The van der Waals surface area contributed by atoms with Crippen molar-refractivity contribution in [1.82, 2.24) is 0 Å². The highest BCUT2D eigenvalue weighted by Gasteiger charge is 2.10. The molecule has 0 atom stereocenters. The maximum Gasteiger partial charge on any atom is 0.255 e. The van der Waals surface area contributed by atoms with Crippen LogP contribution in [0.3, 0.4) is 0 Å². The molecular formula is C19H17NO3S. The molecule has 0 saturated carbocycles. The predicted octanol–water partition coefficient (Wildman–Crippen LogP) is 3.64. The van der Waals surface area contributed by atoms with E-state index in [9.17, 15) is 13.2 Å². The fourth-order valence-electron chi connectivity index (χ4n) is 2.58. The number of amides is 1. The first-order chi connectivity index (χ1) is 11.4. The third-order valence-corrected chi connectivity index (χ3v) is 4.48. The van der Waals surface area contributed by atoms with Crippen LogP contribution in [0.4, 0.5) is 5.69 Å². The normalized spacial score (nSPS) is 11.4. The van der Waals surface area contributed by atoms with Gasteiger partial charge in [0, 0.05) is 17.5 Å². The van der Waals surface area contributed by atoms with Gasteiger partial charge in [-0.15, -0.1) is 0 Å². The Morgan fingerprint density at radius 3 is 2.42 bits per heavy atom. The summed E-state index contributed by atoms with van der Waals surface area (Å²) in [7, 11) is -3.13. The zero-order valence-electron chi connectivity index (χ0n) is 13.2. The minimum Gasteiger partial charge on any atom is -0.322 e. The number of hydrogen-bond donors (Lipinski definition) is 1. The van der Waals surface area contributed by atoms with Gasteiger partial charge in [0.1, 0.15) is 0 Å². The van der Waals surface area contributed by atoms with Crippen molar-refractivity contribution in [3.63, 3.8) is 0 Å². The summed E-state index contributed by atoms with van der Waals surface area (Å²) in [5.74, 6) is -0.343. The minimum absolute atomic E-state index is 0.0793. The molecule has 5 heteroatoms. The van der Waals surface area contributed by atoms with Gasteiger partial charge in [-0.05, 0) is 40.6 Å². The van der Waals surface area contributed by atoms with Crippen LogP contribution in [-0.2, 0) is 15.6 Å². The van der Waals surface area contributed by atoms with Crippen molar-refractivity contribution in [1.29, 1.82) is 0 Å². The Kier molecular flexibility index (Phi) is 4.36. The van der Waals surface area contributed by atoms with Crippen LogP contribution in [0.2, 0.25) is 0 Å². The van der Waals surface area contributed by atoms with Crippen LogP contribution < -0.4 is 5.32 Å². The lowest BCUT2D eigenvalue weighted by Crippen LogP contribution is -2.12.